The van der Waals surface area contributed by atoms with Crippen molar-refractivity contribution >= 4 is 43.7 Å². The summed E-state index contributed by atoms with van der Waals surface area (Å²) in [4.78, 5) is 4.79. The van der Waals surface area contributed by atoms with E-state index in [9.17, 15) is 0 Å². The lowest BCUT2D eigenvalue weighted by molar-refractivity contribution is 0.620. The van der Waals surface area contributed by atoms with Crippen molar-refractivity contribution in [1.29, 1.82) is 0 Å². The molecule has 0 saturated carbocycles. The molecule has 0 radical (unpaired) electrons. The quantitative estimate of drug-likeness (QED) is 0.251. The van der Waals surface area contributed by atoms with Crippen LogP contribution in [0.1, 0.15) is 25.0 Å². The third-order valence-corrected chi connectivity index (χ3v) is 7.81. The van der Waals surface area contributed by atoms with Crippen molar-refractivity contribution in [2.75, 3.05) is 0 Å². The number of furan rings is 1. The molecule has 1 aliphatic carbocycles. The van der Waals surface area contributed by atoms with Gasteiger partial charge in [0.25, 0.3) is 0 Å². The monoisotopic (exact) mass is 450 g/mol. The first-order valence-electron chi connectivity index (χ1n) is 12.1. The zero-order chi connectivity index (χ0) is 23.3. The molecule has 1 aliphatic rings. The normalized spacial score (nSPS) is 14.2. The summed E-state index contributed by atoms with van der Waals surface area (Å²) in [6.07, 6.45) is 1.87. The number of benzene rings is 4. The average Bonchev–Trinajstić information content (AvgIpc) is 3.51. The van der Waals surface area contributed by atoms with Gasteiger partial charge in [0, 0.05) is 33.3 Å². The van der Waals surface area contributed by atoms with Crippen LogP contribution < -0.4 is 0 Å². The van der Waals surface area contributed by atoms with Crippen molar-refractivity contribution in [3.63, 3.8) is 0 Å². The molecule has 35 heavy (non-hydrogen) atoms. The van der Waals surface area contributed by atoms with Gasteiger partial charge in [0.1, 0.15) is 17.0 Å². The molecular weight excluding hydrogens is 428 g/mol. The number of hydrogen-bond donors (Lipinski definition) is 0. The van der Waals surface area contributed by atoms with Gasteiger partial charge in [0.05, 0.1) is 16.4 Å². The highest BCUT2D eigenvalue weighted by Crippen LogP contribution is 2.57. The molecule has 0 aliphatic heterocycles. The molecule has 3 heterocycles. The summed E-state index contributed by atoms with van der Waals surface area (Å²) in [5.74, 6) is 0.913. The Balaban J connectivity index is 1.76. The van der Waals surface area contributed by atoms with Gasteiger partial charge < -0.3 is 4.42 Å². The van der Waals surface area contributed by atoms with Crippen LogP contribution in [0.15, 0.2) is 102 Å². The maximum Gasteiger partial charge on any atom is 0.142 e. The van der Waals surface area contributed by atoms with Crippen molar-refractivity contribution in [1.82, 2.24) is 9.55 Å². The van der Waals surface area contributed by atoms with Gasteiger partial charge in [-0.3, -0.25) is 4.57 Å². The second-order valence-corrected chi connectivity index (χ2v) is 9.99. The van der Waals surface area contributed by atoms with Crippen molar-refractivity contribution in [3.05, 3.63) is 108 Å². The topological polar surface area (TPSA) is 31.0 Å². The molecule has 0 amide bonds. The van der Waals surface area contributed by atoms with E-state index in [1.807, 2.05) is 12.3 Å². The molecule has 166 valence electrons. The molecule has 0 unspecified atom stereocenters. The summed E-state index contributed by atoms with van der Waals surface area (Å²) < 4.78 is 9.05. The van der Waals surface area contributed by atoms with Crippen molar-refractivity contribution in [2.24, 2.45) is 0 Å². The molecule has 3 aromatic heterocycles. The molecule has 0 bridgehead atoms. The van der Waals surface area contributed by atoms with Gasteiger partial charge in [-0.1, -0.05) is 80.6 Å². The molecule has 0 atom stereocenters. The van der Waals surface area contributed by atoms with Crippen molar-refractivity contribution < 1.29 is 4.42 Å². The molecule has 3 nitrogen and oxygen atoms in total. The lowest BCUT2D eigenvalue weighted by Crippen LogP contribution is -2.15. The third-order valence-electron chi connectivity index (χ3n) is 7.81. The van der Waals surface area contributed by atoms with E-state index in [1.54, 1.807) is 0 Å². The summed E-state index contributed by atoms with van der Waals surface area (Å²) >= 11 is 0. The first-order chi connectivity index (χ1) is 17.2. The van der Waals surface area contributed by atoms with Gasteiger partial charge in [-0.15, -0.1) is 0 Å². The van der Waals surface area contributed by atoms with Gasteiger partial charge in [-0.25, -0.2) is 4.98 Å². The second kappa shape index (κ2) is 6.39. The van der Waals surface area contributed by atoms with Gasteiger partial charge in [-0.2, -0.15) is 0 Å². The fourth-order valence-electron chi connectivity index (χ4n) is 6.40. The summed E-state index contributed by atoms with van der Waals surface area (Å²) in [6, 6.07) is 32.1. The van der Waals surface area contributed by atoms with Gasteiger partial charge in [-0.05, 0) is 41.0 Å². The molecule has 0 N–H and O–H groups in total. The molecule has 4 aromatic carbocycles. The predicted molar refractivity (Wildman–Crippen MR) is 143 cm³/mol. The van der Waals surface area contributed by atoms with Crippen LogP contribution in [-0.4, -0.2) is 9.55 Å². The first kappa shape index (κ1) is 19.0. The predicted octanol–water partition coefficient (Wildman–Crippen LogP) is 8.38. The second-order valence-electron chi connectivity index (χ2n) is 9.99. The smallest absolute Gasteiger partial charge is 0.142 e. The highest BCUT2D eigenvalue weighted by molar-refractivity contribution is 6.30. The molecule has 3 heteroatoms. The van der Waals surface area contributed by atoms with Crippen LogP contribution in [0.3, 0.4) is 0 Å². The van der Waals surface area contributed by atoms with Crippen LogP contribution in [0, 0.1) is 0 Å². The maximum absolute atomic E-state index is 6.72. The van der Waals surface area contributed by atoms with Crippen molar-refractivity contribution in [3.8, 4) is 16.9 Å². The fourth-order valence-corrected chi connectivity index (χ4v) is 6.40. The van der Waals surface area contributed by atoms with E-state index >= 15 is 0 Å². The minimum atomic E-state index is -0.180. The molecule has 8 rings (SSSR count). The third kappa shape index (κ3) is 2.23. The van der Waals surface area contributed by atoms with Crippen molar-refractivity contribution in [2.45, 2.75) is 19.3 Å². The molecule has 0 saturated heterocycles. The van der Waals surface area contributed by atoms with Crippen LogP contribution >= 0.6 is 0 Å². The lowest BCUT2D eigenvalue weighted by atomic mass is 9.81. The number of pyridine rings is 1. The molecular formula is C32H22N2O. The Kier molecular flexibility index (Phi) is 3.47. The lowest BCUT2D eigenvalue weighted by Gasteiger charge is -2.21. The maximum atomic E-state index is 6.72. The molecule has 0 fully saturated rings. The zero-order valence-corrected chi connectivity index (χ0v) is 19.5. The average molecular weight is 451 g/mol. The Morgan fingerprint density at radius 1 is 0.743 bits per heavy atom. The van der Waals surface area contributed by atoms with Gasteiger partial charge in [0.15, 0.2) is 0 Å². The van der Waals surface area contributed by atoms with E-state index < -0.39 is 0 Å². The zero-order valence-electron chi connectivity index (χ0n) is 19.5. The number of fused-ring (bicyclic) bond motifs is 12. The van der Waals surface area contributed by atoms with E-state index in [4.69, 9.17) is 9.40 Å². The summed E-state index contributed by atoms with van der Waals surface area (Å²) in [6.45, 7) is 4.65. The van der Waals surface area contributed by atoms with Crippen LogP contribution in [-0.2, 0) is 5.41 Å². The number of nitrogens with zero attached hydrogens (tertiary/aromatic N) is 2. The number of para-hydroxylation sites is 2. The van der Waals surface area contributed by atoms with Crippen LogP contribution in [0.4, 0.5) is 0 Å². The summed E-state index contributed by atoms with van der Waals surface area (Å²) in [5.41, 5.74) is 9.25. The minimum Gasteiger partial charge on any atom is -0.456 e. The fraction of sp³-hybridized carbons (Fsp3) is 0.0938. The molecule has 7 aromatic rings. The van der Waals surface area contributed by atoms with Gasteiger partial charge >= 0.3 is 0 Å². The van der Waals surface area contributed by atoms with Crippen LogP contribution in [0.25, 0.3) is 60.7 Å². The van der Waals surface area contributed by atoms with E-state index in [0.29, 0.717) is 0 Å². The van der Waals surface area contributed by atoms with Crippen LogP contribution in [0.5, 0.6) is 0 Å². The highest BCUT2D eigenvalue weighted by Gasteiger charge is 2.41. The SMILES string of the molecule is CC1(C)c2ccccc2-c2c1c1oc3ccccc3c1c1c2c2ccccc2n1-c1ccccn1. The Hall–Kier alpha value is -4.37. The highest BCUT2D eigenvalue weighted by atomic mass is 16.3. The standard InChI is InChI=1S/C32H22N2O/c1-32(2)22-14-6-3-11-19(22)26-27-20-12-4-7-15-23(20)34(25-17-9-10-18-33-25)30(27)28-21-13-5-8-16-24(21)35-31(28)29(26)32/h3-18H,1-2H3. The largest absolute Gasteiger partial charge is 0.456 e. The molecule has 0 spiro atoms. The summed E-state index contributed by atoms with van der Waals surface area (Å²) in [7, 11) is 0. The number of aromatic nitrogens is 2. The Bertz CT molecular complexity index is 1970. The Labute approximate surface area is 202 Å². The van der Waals surface area contributed by atoms with E-state index in [1.165, 1.54) is 33.0 Å². The van der Waals surface area contributed by atoms with E-state index in [0.717, 1.165) is 38.8 Å². The Morgan fingerprint density at radius 2 is 1.49 bits per heavy atom. The minimum absolute atomic E-state index is 0.180. The number of rotatable bonds is 1. The summed E-state index contributed by atoms with van der Waals surface area (Å²) in [5, 5.41) is 4.82. The van der Waals surface area contributed by atoms with E-state index in [2.05, 4.69) is 103 Å². The van der Waals surface area contributed by atoms with Crippen LogP contribution in [0.2, 0.25) is 0 Å². The van der Waals surface area contributed by atoms with Gasteiger partial charge in [0.2, 0.25) is 0 Å². The number of hydrogen-bond acceptors (Lipinski definition) is 2. The Morgan fingerprint density at radius 3 is 2.34 bits per heavy atom. The van der Waals surface area contributed by atoms with E-state index in [-0.39, 0.29) is 5.41 Å². The first-order valence-corrected chi connectivity index (χ1v) is 12.1.